The number of carbonyl (C=O) groups is 1. The molecule has 1 aliphatic heterocycles. The minimum Gasteiger partial charge on any atom is -0.343 e. The van der Waals surface area contributed by atoms with Gasteiger partial charge in [-0.15, -0.1) is 0 Å². The molecule has 2 N–H and O–H groups in total. The number of aromatic amines is 1. The van der Waals surface area contributed by atoms with E-state index in [0.29, 0.717) is 23.4 Å². The van der Waals surface area contributed by atoms with E-state index in [0.717, 1.165) is 23.4 Å². The lowest BCUT2D eigenvalue weighted by atomic mass is 9.69. The molecule has 1 atom stereocenters. The molecule has 1 unspecified atom stereocenters. The summed E-state index contributed by atoms with van der Waals surface area (Å²) in [5.41, 5.74) is 3.48. The van der Waals surface area contributed by atoms with E-state index in [-0.39, 0.29) is 16.8 Å². The van der Waals surface area contributed by atoms with Gasteiger partial charge in [-0.3, -0.25) is 19.7 Å². The zero-order valence-electron chi connectivity index (χ0n) is 16.4. The number of rotatable bonds is 2. The van der Waals surface area contributed by atoms with Crippen LogP contribution < -0.4 is 10.9 Å². The number of hydrogen-bond acceptors (Lipinski definition) is 4. The fraction of sp³-hybridized carbons (Fsp3) is 0.261. The van der Waals surface area contributed by atoms with E-state index in [2.05, 4.69) is 29.2 Å². The molecule has 0 amide bonds. The molecule has 3 aromatic rings. The summed E-state index contributed by atoms with van der Waals surface area (Å²) in [5.74, 6) is 0.319. The highest BCUT2D eigenvalue weighted by atomic mass is 16.1. The second-order valence-corrected chi connectivity index (χ2v) is 8.55. The van der Waals surface area contributed by atoms with Gasteiger partial charge in [0.1, 0.15) is 5.82 Å². The number of nitrogens with one attached hydrogen (secondary N) is 2. The van der Waals surface area contributed by atoms with Crippen molar-refractivity contribution in [3.63, 3.8) is 0 Å². The van der Waals surface area contributed by atoms with E-state index in [1.807, 2.05) is 42.5 Å². The van der Waals surface area contributed by atoms with Crippen molar-refractivity contribution < 1.29 is 4.79 Å². The first-order valence-electron chi connectivity index (χ1n) is 9.78. The lowest BCUT2D eigenvalue weighted by molar-refractivity contribution is -0.118. The fourth-order valence-electron chi connectivity index (χ4n) is 4.53. The zero-order valence-corrected chi connectivity index (χ0v) is 16.4. The van der Waals surface area contributed by atoms with Gasteiger partial charge in [-0.1, -0.05) is 38.1 Å². The molecule has 29 heavy (non-hydrogen) atoms. The van der Waals surface area contributed by atoms with E-state index >= 15 is 0 Å². The maximum Gasteiger partial charge on any atom is 0.277 e. The first kappa shape index (κ1) is 17.7. The van der Waals surface area contributed by atoms with Gasteiger partial charge in [-0.05, 0) is 35.6 Å². The molecule has 0 spiro atoms. The molecule has 6 nitrogen and oxygen atoms in total. The number of ketones is 1. The summed E-state index contributed by atoms with van der Waals surface area (Å²) in [6.07, 6.45) is 4.67. The van der Waals surface area contributed by atoms with Gasteiger partial charge >= 0.3 is 0 Å². The number of pyridine rings is 1. The van der Waals surface area contributed by atoms with Crippen molar-refractivity contribution in [3.8, 4) is 5.69 Å². The molecule has 0 radical (unpaired) electrons. The van der Waals surface area contributed by atoms with Gasteiger partial charge in [0.15, 0.2) is 5.78 Å². The summed E-state index contributed by atoms with van der Waals surface area (Å²) in [6.45, 7) is 4.20. The smallest absolute Gasteiger partial charge is 0.277 e. The van der Waals surface area contributed by atoms with Crippen LogP contribution in [-0.2, 0) is 4.79 Å². The molecule has 146 valence electrons. The molecule has 0 bridgehead atoms. The van der Waals surface area contributed by atoms with Crippen LogP contribution in [0.1, 0.15) is 43.7 Å². The van der Waals surface area contributed by atoms with E-state index < -0.39 is 5.92 Å². The maximum atomic E-state index is 13.4. The lowest BCUT2D eigenvalue weighted by Gasteiger charge is -2.37. The Labute approximate surface area is 168 Å². The average Bonchev–Trinajstić information content (AvgIpc) is 3.03. The van der Waals surface area contributed by atoms with Crippen molar-refractivity contribution in [2.45, 2.75) is 32.6 Å². The fourth-order valence-corrected chi connectivity index (χ4v) is 4.53. The Morgan fingerprint density at radius 1 is 1.07 bits per heavy atom. The number of aromatic nitrogens is 3. The van der Waals surface area contributed by atoms with Crippen LogP contribution in [0.15, 0.2) is 70.9 Å². The number of para-hydroxylation sites is 1. The van der Waals surface area contributed by atoms with Gasteiger partial charge in [0.2, 0.25) is 0 Å². The SMILES string of the molecule is CC1(C)CC(=O)C2=C(C1)Nc1[nH]n(-c3ccccc3)c(=O)c1C2c1cccnc1. The molecule has 3 heterocycles. The standard InChI is InChI=1S/C23H22N4O2/c1-23(2)11-16-19(17(28)12-23)18(14-7-6-10-24-13-14)20-21(25-16)26-27(22(20)29)15-8-4-3-5-9-15/h3-10,13,18,25-26H,11-12H2,1-2H3. The molecule has 0 saturated heterocycles. The Kier molecular flexibility index (Phi) is 3.84. The number of carbonyl (C=O) groups excluding carboxylic acids is 1. The Bertz CT molecular complexity index is 1190. The second-order valence-electron chi connectivity index (χ2n) is 8.55. The van der Waals surface area contributed by atoms with Crippen molar-refractivity contribution in [2.24, 2.45) is 5.41 Å². The number of Topliss-reactive ketones (excluding diaryl/α,β-unsaturated/α-hetero) is 1. The topological polar surface area (TPSA) is 79.8 Å². The van der Waals surface area contributed by atoms with E-state index in [1.165, 1.54) is 4.68 Å². The number of fused-ring (bicyclic) bond motifs is 1. The van der Waals surface area contributed by atoms with Gasteiger partial charge in [0.25, 0.3) is 5.56 Å². The molecule has 0 saturated carbocycles. The van der Waals surface area contributed by atoms with Crippen molar-refractivity contribution >= 4 is 11.6 Å². The minimum atomic E-state index is -0.424. The number of hydrogen-bond donors (Lipinski definition) is 2. The van der Waals surface area contributed by atoms with Crippen molar-refractivity contribution in [3.05, 3.63) is 87.6 Å². The van der Waals surface area contributed by atoms with E-state index in [4.69, 9.17) is 0 Å². The summed E-state index contributed by atoms with van der Waals surface area (Å²) in [4.78, 5) is 30.9. The quantitative estimate of drug-likeness (QED) is 0.703. The molecule has 2 aliphatic rings. The third-order valence-electron chi connectivity index (χ3n) is 5.73. The zero-order chi connectivity index (χ0) is 20.2. The molecule has 1 aliphatic carbocycles. The van der Waals surface area contributed by atoms with Gasteiger partial charge in [0, 0.05) is 36.0 Å². The lowest BCUT2D eigenvalue weighted by Crippen LogP contribution is -2.35. The normalized spacial score (nSPS) is 20.1. The van der Waals surface area contributed by atoms with Crippen LogP contribution in [0.25, 0.3) is 5.69 Å². The number of anilines is 1. The van der Waals surface area contributed by atoms with Crippen molar-refractivity contribution in [2.75, 3.05) is 5.32 Å². The summed E-state index contributed by atoms with van der Waals surface area (Å²) in [5, 5.41) is 6.60. The highest BCUT2D eigenvalue weighted by Crippen LogP contribution is 2.47. The van der Waals surface area contributed by atoms with Gasteiger partial charge < -0.3 is 5.32 Å². The monoisotopic (exact) mass is 386 g/mol. The first-order chi connectivity index (χ1) is 13.9. The predicted molar refractivity (Wildman–Crippen MR) is 111 cm³/mol. The van der Waals surface area contributed by atoms with Crippen LogP contribution in [0.3, 0.4) is 0 Å². The van der Waals surface area contributed by atoms with E-state index in [9.17, 15) is 9.59 Å². The highest BCUT2D eigenvalue weighted by Gasteiger charge is 2.42. The summed E-state index contributed by atoms with van der Waals surface area (Å²) in [7, 11) is 0. The third kappa shape index (κ3) is 2.83. The minimum absolute atomic E-state index is 0.0927. The van der Waals surface area contributed by atoms with Gasteiger partial charge in [0.05, 0.1) is 11.3 Å². The molecule has 6 heteroatoms. The van der Waals surface area contributed by atoms with Crippen molar-refractivity contribution in [1.82, 2.24) is 14.8 Å². The second kappa shape index (κ2) is 6.30. The summed E-state index contributed by atoms with van der Waals surface area (Å²) >= 11 is 0. The Hall–Kier alpha value is -3.41. The number of nitrogens with zero attached hydrogens (tertiary/aromatic N) is 2. The Morgan fingerprint density at radius 3 is 2.59 bits per heavy atom. The van der Waals surface area contributed by atoms with E-state index in [1.54, 1.807) is 12.4 Å². The Morgan fingerprint density at radius 2 is 1.86 bits per heavy atom. The van der Waals surface area contributed by atoms with Crippen molar-refractivity contribution in [1.29, 1.82) is 0 Å². The van der Waals surface area contributed by atoms with Crippen LogP contribution in [-0.4, -0.2) is 20.5 Å². The molecule has 2 aromatic heterocycles. The molecular weight excluding hydrogens is 364 g/mol. The molecule has 0 fully saturated rings. The van der Waals surface area contributed by atoms with Crippen LogP contribution in [0.2, 0.25) is 0 Å². The van der Waals surface area contributed by atoms with Crippen LogP contribution >= 0.6 is 0 Å². The van der Waals surface area contributed by atoms with Crippen LogP contribution in [0, 0.1) is 5.41 Å². The predicted octanol–water partition coefficient (Wildman–Crippen LogP) is 3.76. The largest absolute Gasteiger partial charge is 0.343 e. The molecular formula is C23H22N4O2. The number of benzene rings is 1. The number of H-pyrrole nitrogens is 1. The van der Waals surface area contributed by atoms with Gasteiger partial charge in [-0.2, -0.15) is 0 Å². The molecule has 1 aromatic carbocycles. The van der Waals surface area contributed by atoms with Crippen LogP contribution in [0.5, 0.6) is 0 Å². The van der Waals surface area contributed by atoms with Gasteiger partial charge in [-0.25, -0.2) is 4.68 Å². The maximum absolute atomic E-state index is 13.4. The molecule has 5 rings (SSSR count). The summed E-state index contributed by atoms with van der Waals surface area (Å²) in [6, 6.07) is 13.2. The average molecular weight is 386 g/mol. The Balaban J connectivity index is 1.75. The third-order valence-corrected chi connectivity index (χ3v) is 5.73. The highest BCUT2D eigenvalue weighted by molar-refractivity contribution is 6.01. The number of allylic oxidation sites excluding steroid dienone is 2. The summed E-state index contributed by atoms with van der Waals surface area (Å²) < 4.78 is 1.54. The van der Waals surface area contributed by atoms with Crippen LogP contribution in [0.4, 0.5) is 5.82 Å². The first-order valence-corrected chi connectivity index (χ1v) is 9.78.